The van der Waals surface area contributed by atoms with Gasteiger partial charge in [0, 0.05) is 12.8 Å². The van der Waals surface area contributed by atoms with Gasteiger partial charge in [-0.15, -0.1) is 0 Å². The van der Waals surface area contributed by atoms with Gasteiger partial charge >= 0.3 is 5.97 Å². The molecule has 3 N–H and O–H groups in total. The number of hydrogen-bond donors (Lipinski definition) is 3. The summed E-state index contributed by atoms with van der Waals surface area (Å²) in [7, 11) is 0. The molecular weight excluding hydrogens is 1040 g/mol. The maximum atomic E-state index is 12.5. The highest BCUT2D eigenvalue weighted by atomic mass is 16.5. The zero-order valence-corrected chi connectivity index (χ0v) is 57.9. The minimum atomic E-state index is -0.842. The second-order valence-corrected chi connectivity index (χ2v) is 27.0. The van der Waals surface area contributed by atoms with Gasteiger partial charge in [-0.05, 0) is 57.8 Å². The molecule has 0 aliphatic carbocycles. The molecule has 0 radical (unpaired) electrons. The molecule has 6 heteroatoms. The molecular formula is C79H153NO5. The zero-order valence-electron chi connectivity index (χ0n) is 57.9. The Kier molecular flexibility index (Phi) is 73.3. The lowest BCUT2D eigenvalue weighted by Gasteiger charge is -2.20. The Balaban J connectivity index is 3.34. The van der Waals surface area contributed by atoms with Crippen molar-refractivity contribution in [3.63, 3.8) is 0 Å². The van der Waals surface area contributed by atoms with Crippen LogP contribution in [-0.4, -0.2) is 47.4 Å². The minimum Gasteiger partial charge on any atom is -0.466 e. The van der Waals surface area contributed by atoms with E-state index in [0.717, 1.165) is 44.9 Å². The van der Waals surface area contributed by atoms with Crippen LogP contribution in [0.15, 0.2) is 24.3 Å². The van der Waals surface area contributed by atoms with Crippen LogP contribution in [0, 0.1) is 0 Å². The van der Waals surface area contributed by atoms with Gasteiger partial charge in [-0.2, -0.15) is 0 Å². The number of carbonyl (C=O) groups excluding carboxylic acids is 2. The fraction of sp³-hybridized carbons (Fsp3) is 0.924. The van der Waals surface area contributed by atoms with Crippen molar-refractivity contribution in [2.24, 2.45) is 0 Å². The van der Waals surface area contributed by atoms with Gasteiger partial charge in [0.15, 0.2) is 0 Å². The molecule has 0 saturated heterocycles. The van der Waals surface area contributed by atoms with E-state index in [1.165, 1.54) is 372 Å². The van der Waals surface area contributed by atoms with Crippen LogP contribution < -0.4 is 5.32 Å². The second kappa shape index (κ2) is 74.8. The van der Waals surface area contributed by atoms with Gasteiger partial charge in [0.05, 0.1) is 25.4 Å². The summed E-state index contributed by atoms with van der Waals surface area (Å²) in [4.78, 5) is 24.6. The third kappa shape index (κ3) is 71.3. The number of aliphatic hydroxyl groups excluding tert-OH is 2. The molecule has 0 spiro atoms. The Morgan fingerprint density at radius 1 is 0.318 bits per heavy atom. The summed E-state index contributed by atoms with van der Waals surface area (Å²) in [5.41, 5.74) is 0. The first kappa shape index (κ1) is 83.3. The fourth-order valence-electron chi connectivity index (χ4n) is 12.5. The van der Waals surface area contributed by atoms with E-state index in [2.05, 4.69) is 31.3 Å². The van der Waals surface area contributed by atoms with E-state index in [0.29, 0.717) is 19.4 Å². The van der Waals surface area contributed by atoms with Crippen LogP contribution in [0.3, 0.4) is 0 Å². The number of amides is 1. The normalized spacial score (nSPS) is 12.6. The van der Waals surface area contributed by atoms with Crippen molar-refractivity contribution in [2.75, 3.05) is 13.2 Å². The van der Waals surface area contributed by atoms with E-state index in [1.54, 1.807) is 6.08 Å². The number of carbonyl (C=O) groups is 2. The molecule has 0 bridgehead atoms. The number of allylic oxidation sites excluding steroid dienone is 3. The van der Waals surface area contributed by atoms with Crippen molar-refractivity contribution in [2.45, 2.75) is 456 Å². The summed E-state index contributed by atoms with van der Waals surface area (Å²) >= 11 is 0. The summed E-state index contributed by atoms with van der Waals surface area (Å²) in [5.74, 6) is -0.0448. The molecule has 504 valence electrons. The van der Waals surface area contributed by atoms with Crippen molar-refractivity contribution in [1.82, 2.24) is 5.32 Å². The van der Waals surface area contributed by atoms with Crippen LogP contribution in [0.5, 0.6) is 0 Å². The Morgan fingerprint density at radius 3 is 0.835 bits per heavy atom. The lowest BCUT2D eigenvalue weighted by molar-refractivity contribution is -0.143. The average Bonchev–Trinajstić information content (AvgIpc) is 3.51. The van der Waals surface area contributed by atoms with Gasteiger partial charge in [-0.1, -0.05) is 398 Å². The van der Waals surface area contributed by atoms with Crippen LogP contribution in [0.25, 0.3) is 0 Å². The zero-order chi connectivity index (χ0) is 61.3. The Morgan fingerprint density at radius 2 is 0.553 bits per heavy atom. The molecule has 1 amide bonds. The number of unbranched alkanes of at least 4 members (excludes halogenated alkanes) is 61. The van der Waals surface area contributed by atoms with E-state index in [1.807, 2.05) is 6.08 Å². The summed E-state index contributed by atoms with van der Waals surface area (Å²) < 4.78 is 5.50. The number of ether oxygens (including phenoxy) is 1. The van der Waals surface area contributed by atoms with Crippen molar-refractivity contribution >= 4 is 11.9 Å². The molecule has 2 atom stereocenters. The summed E-state index contributed by atoms with van der Waals surface area (Å²) in [6, 6.07) is -0.625. The van der Waals surface area contributed by atoms with E-state index in [-0.39, 0.29) is 18.5 Å². The van der Waals surface area contributed by atoms with Crippen molar-refractivity contribution in [3.05, 3.63) is 24.3 Å². The first-order chi connectivity index (χ1) is 42.0. The number of esters is 1. The lowest BCUT2D eigenvalue weighted by Crippen LogP contribution is -2.45. The van der Waals surface area contributed by atoms with Crippen LogP contribution in [0.1, 0.15) is 444 Å². The molecule has 0 heterocycles. The lowest BCUT2D eigenvalue weighted by atomic mass is 10.0. The fourth-order valence-corrected chi connectivity index (χ4v) is 12.5. The topological polar surface area (TPSA) is 95.9 Å². The maximum Gasteiger partial charge on any atom is 0.305 e. The molecule has 0 saturated carbocycles. The van der Waals surface area contributed by atoms with Gasteiger partial charge in [0.25, 0.3) is 0 Å². The Labute approximate surface area is 532 Å². The van der Waals surface area contributed by atoms with Crippen LogP contribution in [-0.2, 0) is 14.3 Å². The van der Waals surface area contributed by atoms with E-state index >= 15 is 0 Å². The van der Waals surface area contributed by atoms with E-state index in [4.69, 9.17) is 4.74 Å². The summed E-state index contributed by atoms with van der Waals surface area (Å²) in [5, 5.41) is 23.3. The Bertz CT molecular complexity index is 1330. The number of hydrogen-bond acceptors (Lipinski definition) is 5. The third-order valence-electron chi connectivity index (χ3n) is 18.5. The van der Waals surface area contributed by atoms with Crippen molar-refractivity contribution < 1.29 is 24.5 Å². The van der Waals surface area contributed by atoms with Gasteiger partial charge in [0.2, 0.25) is 5.91 Å². The highest BCUT2D eigenvalue weighted by molar-refractivity contribution is 5.76. The van der Waals surface area contributed by atoms with E-state index < -0.39 is 12.1 Å². The van der Waals surface area contributed by atoms with Gasteiger partial charge in [-0.25, -0.2) is 0 Å². The highest BCUT2D eigenvalue weighted by Crippen LogP contribution is 2.20. The first-order valence-electron chi connectivity index (χ1n) is 39.1. The van der Waals surface area contributed by atoms with Crippen molar-refractivity contribution in [3.8, 4) is 0 Å². The molecule has 85 heavy (non-hydrogen) atoms. The largest absolute Gasteiger partial charge is 0.466 e. The monoisotopic (exact) mass is 1200 g/mol. The quantitative estimate of drug-likeness (QED) is 0.0320. The molecule has 0 aromatic heterocycles. The minimum absolute atomic E-state index is 0.0139. The molecule has 2 unspecified atom stereocenters. The summed E-state index contributed by atoms with van der Waals surface area (Å²) in [6.07, 6.45) is 95.8. The molecule has 0 rings (SSSR count). The van der Waals surface area contributed by atoms with Gasteiger partial charge < -0.3 is 20.3 Å². The second-order valence-electron chi connectivity index (χ2n) is 27.0. The predicted molar refractivity (Wildman–Crippen MR) is 375 cm³/mol. The molecule has 0 aliphatic rings. The molecule has 0 aromatic carbocycles. The predicted octanol–water partition coefficient (Wildman–Crippen LogP) is 25.7. The number of rotatable bonds is 74. The van der Waals surface area contributed by atoms with Gasteiger partial charge in [-0.3, -0.25) is 9.59 Å². The summed E-state index contributed by atoms with van der Waals surface area (Å²) in [6.45, 7) is 4.95. The van der Waals surface area contributed by atoms with E-state index in [9.17, 15) is 19.8 Å². The molecule has 0 aromatic rings. The van der Waals surface area contributed by atoms with Crippen LogP contribution in [0.4, 0.5) is 0 Å². The highest BCUT2D eigenvalue weighted by Gasteiger charge is 2.18. The van der Waals surface area contributed by atoms with Crippen LogP contribution in [0.2, 0.25) is 0 Å². The molecule has 6 nitrogen and oxygen atoms in total. The third-order valence-corrected chi connectivity index (χ3v) is 18.5. The average molecular weight is 1200 g/mol. The van der Waals surface area contributed by atoms with Crippen molar-refractivity contribution in [1.29, 1.82) is 0 Å². The Hall–Kier alpha value is -1.66. The number of nitrogens with one attached hydrogen (secondary N) is 1. The maximum absolute atomic E-state index is 12.5. The first-order valence-corrected chi connectivity index (χ1v) is 39.1. The molecule has 0 aliphatic heterocycles. The van der Waals surface area contributed by atoms with Gasteiger partial charge in [0.1, 0.15) is 0 Å². The standard InChI is InChI=1S/C79H153NO5/c1-3-5-7-9-11-13-15-17-19-20-21-34-37-40-44-47-51-55-59-63-67-71-77(82)76(75-81)80-78(83)72-68-64-60-56-52-48-45-41-38-35-32-30-28-26-24-22-23-25-27-29-31-33-36-39-42-46-50-54-58-62-66-70-74-85-79(84)73-69-65-61-57-53-49-43-18-16-14-12-10-8-6-4-2/h18,43,67,71,76-77,81-82H,3-17,19-42,44-66,68-70,72-75H2,1-2H3,(H,80,83)/b43-18-,71-67+. The van der Waals surface area contributed by atoms with Crippen LogP contribution >= 0.6 is 0 Å². The number of aliphatic hydroxyl groups is 2. The molecule has 0 fully saturated rings. The SMILES string of the molecule is CCCCCCCC/C=C\CCCCCCCC(=O)OCCCCCCCCCCCCCCCCCCCCCCCCCCCCCCCCCCC(=O)NC(CO)C(O)/C=C/CCCCCCCCCCCCCCCCCCCCC. The smallest absolute Gasteiger partial charge is 0.305 e.